The second-order valence-corrected chi connectivity index (χ2v) is 3.91. The molecule has 1 aromatic carbocycles. The first kappa shape index (κ1) is 10.5. The summed E-state index contributed by atoms with van der Waals surface area (Å²) in [4.78, 5) is 0. The zero-order chi connectivity index (χ0) is 9.68. The standard InChI is InChI=1S/C10H15BrN2/c1-2-9(7-12)13-10-5-3-8(11)4-6-10/h3-6,9,13H,2,7,12H2,1H3. The van der Waals surface area contributed by atoms with Crippen LogP contribution < -0.4 is 11.1 Å². The molecule has 0 bridgehead atoms. The van der Waals surface area contributed by atoms with Crippen LogP contribution >= 0.6 is 15.9 Å². The molecule has 1 aromatic rings. The van der Waals surface area contributed by atoms with Crippen LogP contribution in [0.2, 0.25) is 0 Å². The topological polar surface area (TPSA) is 38.0 Å². The Bertz CT molecular complexity index is 242. The molecule has 0 aliphatic carbocycles. The average Bonchev–Trinajstić information content (AvgIpc) is 2.17. The van der Waals surface area contributed by atoms with E-state index in [0.717, 1.165) is 16.6 Å². The van der Waals surface area contributed by atoms with Crippen molar-refractivity contribution in [2.75, 3.05) is 11.9 Å². The van der Waals surface area contributed by atoms with Crippen molar-refractivity contribution >= 4 is 21.6 Å². The van der Waals surface area contributed by atoms with Crippen LogP contribution in [0.15, 0.2) is 28.7 Å². The van der Waals surface area contributed by atoms with Gasteiger partial charge in [-0.1, -0.05) is 22.9 Å². The first-order valence-electron chi connectivity index (χ1n) is 4.48. The number of nitrogens with one attached hydrogen (secondary N) is 1. The molecule has 1 rings (SSSR count). The fourth-order valence-electron chi connectivity index (χ4n) is 1.11. The van der Waals surface area contributed by atoms with Crippen molar-refractivity contribution in [1.29, 1.82) is 0 Å². The van der Waals surface area contributed by atoms with Gasteiger partial charge in [-0.3, -0.25) is 0 Å². The van der Waals surface area contributed by atoms with Gasteiger partial charge in [0.15, 0.2) is 0 Å². The molecule has 0 amide bonds. The van der Waals surface area contributed by atoms with Gasteiger partial charge in [-0.2, -0.15) is 0 Å². The van der Waals surface area contributed by atoms with E-state index in [0.29, 0.717) is 12.6 Å². The molecule has 3 N–H and O–H groups in total. The number of rotatable bonds is 4. The van der Waals surface area contributed by atoms with E-state index in [1.54, 1.807) is 0 Å². The van der Waals surface area contributed by atoms with Crippen LogP contribution in [0.5, 0.6) is 0 Å². The lowest BCUT2D eigenvalue weighted by Crippen LogP contribution is -2.27. The summed E-state index contributed by atoms with van der Waals surface area (Å²) in [6.45, 7) is 2.80. The highest BCUT2D eigenvalue weighted by Gasteiger charge is 2.01. The lowest BCUT2D eigenvalue weighted by molar-refractivity contribution is 0.704. The molecule has 0 saturated heterocycles. The third-order valence-corrected chi connectivity index (χ3v) is 2.52. The van der Waals surface area contributed by atoms with Crippen molar-refractivity contribution in [3.8, 4) is 0 Å². The normalized spacial score (nSPS) is 12.5. The monoisotopic (exact) mass is 242 g/mol. The zero-order valence-electron chi connectivity index (χ0n) is 7.76. The minimum absolute atomic E-state index is 0.376. The van der Waals surface area contributed by atoms with Crippen LogP contribution in [0.1, 0.15) is 13.3 Å². The Hall–Kier alpha value is -0.540. The highest BCUT2D eigenvalue weighted by atomic mass is 79.9. The van der Waals surface area contributed by atoms with Crippen molar-refractivity contribution in [3.05, 3.63) is 28.7 Å². The Labute approximate surface area is 87.6 Å². The van der Waals surface area contributed by atoms with Gasteiger partial charge >= 0.3 is 0 Å². The Morgan fingerprint density at radius 1 is 1.38 bits per heavy atom. The molecule has 0 fully saturated rings. The Balaban J connectivity index is 2.58. The van der Waals surface area contributed by atoms with Crippen molar-refractivity contribution < 1.29 is 0 Å². The quantitative estimate of drug-likeness (QED) is 0.852. The summed E-state index contributed by atoms with van der Waals surface area (Å²) in [5.41, 5.74) is 6.71. The van der Waals surface area contributed by atoms with Crippen molar-refractivity contribution in [2.24, 2.45) is 5.73 Å². The van der Waals surface area contributed by atoms with Crippen LogP contribution in [0.4, 0.5) is 5.69 Å². The summed E-state index contributed by atoms with van der Waals surface area (Å²) >= 11 is 3.39. The molecule has 0 aromatic heterocycles. The Kier molecular flexibility index (Phi) is 4.25. The second kappa shape index (κ2) is 5.25. The maximum atomic E-state index is 5.59. The molecular formula is C10H15BrN2. The third-order valence-electron chi connectivity index (χ3n) is 1.99. The van der Waals surface area contributed by atoms with Crippen LogP contribution in [-0.4, -0.2) is 12.6 Å². The first-order chi connectivity index (χ1) is 6.26. The van der Waals surface area contributed by atoms with Gasteiger partial charge in [-0.05, 0) is 30.7 Å². The van der Waals surface area contributed by atoms with E-state index in [2.05, 4.69) is 28.2 Å². The third kappa shape index (κ3) is 3.36. The van der Waals surface area contributed by atoms with E-state index in [4.69, 9.17) is 5.73 Å². The van der Waals surface area contributed by atoms with E-state index < -0.39 is 0 Å². The molecule has 72 valence electrons. The fraction of sp³-hybridized carbons (Fsp3) is 0.400. The predicted octanol–water partition coefficient (Wildman–Crippen LogP) is 2.60. The molecule has 3 heteroatoms. The maximum absolute atomic E-state index is 5.59. The van der Waals surface area contributed by atoms with Crippen LogP contribution in [0.3, 0.4) is 0 Å². The molecule has 0 heterocycles. The van der Waals surface area contributed by atoms with E-state index in [-0.39, 0.29) is 0 Å². The molecule has 0 aliphatic rings. The zero-order valence-corrected chi connectivity index (χ0v) is 9.34. The molecule has 2 nitrogen and oxygen atoms in total. The first-order valence-corrected chi connectivity index (χ1v) is 5.27. The summed E-state index contributed by atoms with van der Waals surface area (Å²) in [5, 5.41) is 3.36. The fourth-order valence-corrected chi connectivity index (χ4v) is 1.37. The van der Waals surface area contributed by atoms with Gasteiger partial charge < -0.3 is 11.1 Å². The summed E-state index contributed by atoms with van der Waals surface area (Å²) in [7, 11) is 0. The van der Waals surface area contributed by atoms with Crippen molar-refractivity contribution in [2.45, 2.75) is 19.4 Å². The van der Waals surface area contributed by atoms with Gasteiger partial charge in [0.05, 0.1) is 0 Å². The van der Waals surface area contributed by atoms with E-state index in [1.807, 2.05) is 24.3 Å². The lowest BCUT2D eigenvalue weighted by atomic mass is 10.2. The highest BCUT2D eigenvalue weighted by molar-refractivity contribution is 9.10. The highest BCUT2D eigenvalue weighted by Crippen LogP contribution is 2.15. The second-order valence-electron chi connectivity index (χ2n) is 2.99. The molecule has 0 radical (unpaired) electrons. The predicted molar refractivity (Wildman–Crippen MR) is 60.9 cm³/mol. The van der Waals surface area contributed by atoms with Crippen LogP contribution in [0, 0.1) is 0 Å². The average molecular weight is 243 g/mol. The lowest BCUT2D eigenvalue weighted by Gasteiger charge is -2.15. The molecule has 1 unspecified atom stereocenters. The smallest absolute Gasteiger partial charge is 0.0381 e. The summed E-state index contributed by atoms with van der Waals surface area (Å²) in [5.74, 6) is 0. The minimum atomic E-state index is 0.376. The number of nitrogens with two attached hydrogens (primary N) is 1. The SMILES string of the molecule is CCC(CN)Nc1ccc(Br)cc1. The Morgan fingerprint density at radius 2 is 2.00 bits per heavy atom. The maximum Gasteiger partial charge on any atom is 0.0381 e. The number of anilines is 1. The van der Waals surface area contributed by atoms with Gasteiger partial charge in [-0.15, -0.1) is 0 Å². The van der Waals surface area contributed by atoms with E-state index >= 15 is 0 Å². The van der Waals surface area contributed by atoms with Gasteiger partial charge in [0, 0.05) is 22.7 Å². The van der Waals surface area contributed by atoms with E-state index in [9.17, 15) is 0 Å². The molecule has 0 spiro atoms. The molecule has 13 heavy (non-hydrogen) atoms. The van der Waals surface area contributed by atoms with Crippen molar-refractivity contribution in [1.82, 2.24) is 0 Å². The minimum Gasteiger partial charge on any atom is -0.381 e. The molecule has 1 atom stereocenters. The van der Waals surface area contributed by atoms with Gasteiger partial charge in [0.1, 0.15) is 0 Å². The van der Waals surface area contributed by atoms with Gasteiger partial charge in [0.2, 0.25) is 0 Å². The summed E-state index contributed by atoms with van der Waals surface area (Å²) in [6.07, 6.45) is 1.05. The molecular weight excluding hydrogens is 228 g/mol. The van der Waals surface area contributed by atoms with E-state index in [1.165, 1.54) is 0 Å². The largest absolute Gasteiger partial charge is 0.381 e. The number of hydrogen-bond acceptors (Lipinski definition) is 2. The van der Waals surface area contributed by atoms with Crippen LogP contribution in [-0.2, 0) is 0 Å². The summed E-state index contributed by atoms with van der Waals surface area (Å²) in [6, 6.07) is 8.50. The summed E-state index contributed by atoms with van der Waals surface area (Å²) < 4.78 is 1.10. The molecule has 0 saturated carbocycles. The molecule has 0 aliphatic heterocycles. The number of hydrogen-bond donors (Lipinski definition) is 2. The number of benzene rings is 1. The van der Waals surface area contributed by atoms with Crippen molar-refractivity contribution in [3.63, 3.8) is 0 Å². The van der Waals surface area contributed by atoms with Gasteiger partial charge in [0.25, 0.3) is 0 Å². The van der Waals surface area contributed by atoms with Crippen LogP contribution in [0.25, 0.3) is 0 Å². The Morgan fingerprint density at radius 3 is 2.46 bits per heavy atom. The van der Waals surface area contributed by atoms with Gasteiger partial charge in [-0.25, -0.2) is 0 Å². The number of halogens is 1.